The molecule has 1 fully saturated rings. The molecule has 2 nitrogen and oxygen atoms in total. The van der Waals surface area contributed by atoms with Crippen LogP contribution in [0, 0.1) is 0 Å². The standard InChI is InChI=1S/C14H18N2/c1-3-7-13(8-4-1)11-15-12-16-14-9-5-2-6-10-14/h1,3-4,7-8,14H,2,5-6,9-11H2. The second kappa shape index (κ2) is 6.24. The van der Waals surface area contributed by atoms with Crippen molar-refractivity contribution in [3.05, 3.63) is 35.9 Å². The molecule has 1 aliphatic rings. The first-order valence-corrected chi connectivity index (χ1v) is 6.10. The fourth-order valence-electron chi connectivity index (χ4n) is 2.04. The number of aliphatic imine (C=N–C) groups is 2. The number of benzene rings is 1. The summed E-state index contributed by atoms with van der Waals surface area (Å²) in [6.07, 6.45) is 6.43. The Kier molecular flexibility index (Phi) is 4.33. The summed E-state index contributed by atoms with van der Waals surface area (Å²) < 4.78 is 0. The Hall–Kier alpha value is -1.40. The van der Waals surface area contributed by atoms with Gasteiger partial charge in [-0.25, -0.2) is 9.98 Å². The summed E-state index contributed by atoms with van der Waals surface area (Å²) in [5.74, 6) is 0. The van der Waals surface area contributed by atoms with Gasteiger partial charge in [0.05, 0.1) is 18.6 Å². The molecule has 0 unspecified atom stereocenters. The molecule has 0 spiro atoms. The minimum absolute atomic E-state index is 0.480. The first-order valence-electron chi connectivity index (χ1n) is 6.10. The van der Waals surface area contributed by atoms with E-state index < -0.39 is 0 Å². The van der Waals surface area contributed by atoms with E-state index in [0.29, 0.717) is 12.6 Å². The van der Waals surface area contributed by atoms with Crippen LogP contribution in [0.3, 0.4) is 0 Å². The van der Waals surface area contributed by atoms with E-state index in [9.17, 15) is 0 Å². The van der Waals surface area contributed by atoms with Crippen molar-refractivity contribution in [2.45, 2.75) is 44.7 Å². The van der Waals surface area contributed by atoms with Crippen LogP contribution >= 0.6 is 0 Å². The first-order chi connectivity index (χ1) is 7.95. The molecular weight excluding hydrogens is 196 g/mol. The summed E-state index contributed by atoms with van der Waals surface area (Å²) in [5, 5.41) is 0. The van der Waals surface area contributed by atoms with Gasteiger partial charge in [0, 0.05) is 0 Å². The number of hydrogen-bond acceptors (Lipinski definition) is 2. The van der Waals surface area contributed by atoms with E-state index in [0.717, 1.165) is 0 Å². The van der Waals surface area contributed by atoms with Gasteiger partial charge in [0.1, 0.15) is 0 Å². The van der Waals surface area contributed by atoms with Crippen LogP contribution in [0.1, 0.15) is 37.7 Å². The smallest absolute Gasteiger partial charge is 0.0898 e. The van der Waals surface area contributed by atoms with Crippen molar-refractivity contribution in [2.75, 3.05) is 0 Å². The summed E-state index contributed by atoms with van der Waals surface area (Å²) >= 11 is 0. The van der Waals surface area contributed by atoms with Crippen molar-refractivity contribution in [3.63, 3.8) is 0 Å². The third kappa shape index (κ3) is 3.63. The monoisotopic (exact) mass is 214 g/mol. The van der Waals surface area contributed by atoms with Crippen LogP contribution < -0.4 is 0 Å². The molecular formula is C14H18N2. The van der Waals surface area contributed by atoms with Crippen LogP contribution in [0.25, 0.3) is 0 Å². The Morgan fingerprint density at radius 2 is 1.81 bits per heavy atom. The lowest BCUT2D eigenvalue weighted by Crippen LogP contribution is -2.08. The highest BCUT2D eigenvalue weighted by molar-refractivity contribution is 5.42. The van der Waals surface area contributed by atoms with Crippen LogP contribution in [0.15, 0.2) is 40.3 Å². The highest BCUT2D eigenvalue weighted by Crippen LogP contribution is 2.19. The molecule has 0 atom stereocenters. The fourth-order valence-corrected chi connectivity index (χ4v) is 2.04. The van der Waals surface area contributed by atoms with Crippen LogP contribution in [0.4, 0.5) is 0 Å². The highest BCUT2D eigenvalue weighted by Gasteiger charge is 2.10. The molecule has 0 heterocycles. The summed E-state index contributed by atoms with van der Waals surface area (Å²) in [7, 11) is 0. The minimum atomic E-state index is 0.480. The normalized spacial score (nSPS) is 16.5. The predicted molar refractivity (Wildman–Crippen MR) is 66.9 cm³/mol. The molecule has 0 radical (unpaired) electrons. The largest absolute Gasteiger partial charge is 0.222 e. The van der Waals surface area contributed by atoms with Gasteiger partial charge in [-0.2, -0.15) is 0 Å². The van der Waals surface area contributed by atoms with Gasteiger partial charge >= 0.3 is 0 Å². The molecule has 0 saturated heterocycles. The van der Waals surface area contributed by atoms with Gasteiger partial charge in [0.15, 0.2) is 0 Å². The average molecular weight is 214 g/mol. The molecule has 0 amide bonds. The summed E-state index contributed by atoms with van der Waals surface area (Å²) in [5.41, 5.74) is 1.22. The van der Waals surface area contributed by atoms with Gasteiger partial charge in [-0.05, 0) is 18.4 Å². The van der Waals surface area contributed by atoms with E-state index in [2.05, 4.69) is 28.1 Å². The van der Waals surface area contributed by atoms with Crippen molar-refractivity contribution in [1.82, 2.24) is 0 Å². The lowest BCUT2D eigenvalue weighted by Gasteiger charge is -2.15. The molecule has 84 valence electrons. The average Bonchev–Trinajstić information content (AvgIpc) is 2.37. The van der Waals surface area contributed by atoms with E-state index in [1.54, 1.807) is 0 Å². The maximum atomic E-state index is 4.38. The van der Waals surface area contributed by atoms with Gasteiger partial charge in [-0.1, -0.05) is 49.6 Å². The Bertz CT molecular complexity index is 358. The van der Waals surface area contributed by atoms with Crippen LogP contribution in [0.2, 0.25) is 0 Å². The van der Waals surface area contributed by atoms with Gasteiger partial charge in [-0.15, -0.1) is 0 Å². The van der Waals surface area contributed by atoms with Crippen LogP contribution in [0.5, 0.6) is 0 Å². The lowest BCUT2D eigenvalue weighted by atomic mass is 9.96. The zero-order chi connectivity index (χ0) is 11.1. The third-order valence-electron chi connectivity index (χ3n) is 2.99. The zero-order valence-electron chi connectivity index (χ0n) is 9.60. The molecule has 0 bridgehead atoms. The van der Waals surface area contributed by atoms with Crippen LogP contribution in [-0.4, -0.2) is 12.1 Å². The minimum Gasteiger partial charge on any atom is -0.222 e. The quantitative estimate of drug-likeness (QED) is 0.685. The Morgan fingerprint density at radius 1 is 1.06 bits per heavy atom. The molecule has 1 aliphatic carbocycles. The molecule has 2 heteroatoms. The molecule has 0 aliphatic heterocycles. The SMILES string of the molecule is C(=NCc1ccccc1)=NC1CCCCC1. The van der Waals surface area contributed by atoms with Crippen molar-refractivity contribution >= 4 is 6.01 Å². The van der Waals surface area contributed by atoms with Crippen molar-refractivity contribution in [3.8, 4) is 0 Å². The van der Waals surface area contributed by atoms with Gasteiger partial charge in [0.2, 0.25) is 0 Å². The molecule has 1 aromatic carbocycles. The molecule has 2 rings (SSSR count). The van der Waals surface area contributed by atoms with Crippen molar-refractivity contribution < 1.29 is 0 Å². The Morgan fingerprint density at radius 3 is 2.56 bits per heavy atom. The van der Waals surface area contributed by atoms with E-state index in [-0.39, 0.29) is 0 Å². The predicted octanol–water partition coefficient (Wildman–Crippen LogP) is 3.69. The highest BCUT2D eigenvalue weighted by atomic mass is 14.8. The van der Waals surface area contributed by atoms with Gasteiger partial charge in [-0.3, -0.25) is 0 Å². The zero-order valence-corrected chi connectivity index (χ0v) is 9.60. The number of rotatable bonds is 3. The van der Waals surface area contributed by atoms with Crippen LogP contribution in [-0.2, 0) is 6.54 Å². The maximum absolute atomic E-state index is 4.38. The van der Waals surface area contributed by atoms with E-state index >= 15 is 0 Å². The maximum Gasteiger partial charge on any atom is 0.0898 e. The van der Waals surface area contributed by atoms with Gasteiger partial charge < -0.3 is 0 Å². The summed E-state index contributed by atoms with van der Waals surface area (Å²) in [4.78, 5) is 8.60. The Labute approximate surface area is 97.1 Å². The second-order valence-electron chi connectivity index (χ2n) is 4.32. The lowest BCUT2D eigenvalue weighted by molar-refractivity contribution is 0.444. The summed E-state index contributed by atoms with van der Waals surface area (Å²) in [6, 6.07) is 13.6. The van der Waals surface area contributed by atoms with Crippen molar-refractivity contribution in [2.24, 2.45) is 9.98 Å². The molecule has 1 saturated carbocycles. The van der Waals surface area contributed by atoms with E-state index in [1.807, 2.05) is 18.2 Å². The molecule has 1 aromatic rings. The molecule has 0 aromatic heterocycles. The van der Waals surface area contributed by atoms with E-state index in [1.165, 1.54) is 37.7 Å². The Balaban J connectivity index is 1.82. The molecule has 16 heavy (non-hydrogen) atoms. The third-order valence-corrected chi connectivity index (χ3v) is 2.99. The number of hydrogen-bond donors (Lipinski definition) is 0. The van der Waals surface area contributed by atoms with Crippen molar-refractivity contribution in [1.29, 1.82) is 0 Å². The first kappa shape index (κ1) is 11.1. The second-order valence-corrected chi connectivity index (χ2v) is 4.32. The fraction of sp³-hybridized carbons (Fsp3) is 0.500. The number of nitrogens with zero attached hydrogens (tertiary/aromatic N) is 2. The molecule has 0 N–H and O–H groups in total. The van der Waals surface area contributed by atoms with Gasteiger partial charge in [0.25, 0.3) is 0 Å². The topological polar surface area (TPSA) is 24.7 Å². The van der Waals surface area contributed by atoms with E-state index in [4.69, 9.17) is 0 Å². The summed E-state index contributed by atoms with van der Waals surface area (Å²) in [6.45, 7) is 0.692.